The highest BCUT2D eigenvalue weighted by atomic mass is 16.5. The van der Waals surface area contributed by atoms with Crippen molar-refractivity contribution < 1.29 is 4.74 Å². The van der Waals surface area contributed by atoms with Crippen LogP contribution in [0.2, 0.25) is 0 Å². The van der Waals surface area contributed by atoms with E-state index in [1.807, 2.05) is 0 Å². The Morgan fingerprint density at radius 2 is 1.85 bits per heavy atom. The lowest BCUT2D eigenvalue weighted by atomic mass is 10.2. The molecular weight excluding hydrogens is 162 g/mol. The number of nitrogens with zero attached hydrogens (tertiary/aromatic N) is 1. The Morgan fingerprint density at radius 3 is 2.46 bits per heavy atom. The van der Waals surface area contributed by atoms with Crippen molar-refractivity contribution in [1.82, 2.24) is 4.90 Å². The van der Waals surface area contributed by atoms with Crippen LogP contribution in [0, 0.1) is 0 Å². The predicted octanol–water partition coefficient (Wildman–Crippen LogP) is 2.17. The molecule has 0 unspecified atom stereocenters. The highest BCUT2D eigenvalue weighted by molar-refractivity contribution is 5.04. The monoisotopic (exact) mass is 181 g/mol. The SMILES string of the molecule is C1=C(N2CCCCCC2)COCC1. The summed E-state index contributed by atoms with van der Waals surface area (Å²) in [6, 6.07) is 0. The fourth-order valence-corrected chi connectivity index (χ4v) is 2.12. The van der Waals surface area contributed by atoms with Gasteiger partial charge in [0.25, 0.3) is 0 Å². The summed E-state index contributed by atoms with van der Waals surface area (Å²) < 4.78 is 5.47. The summed E-state index contributed by atoms with van der Waals surface area (Å²) in [6.45, 7) is 4.25. The molecule has 0 radical (unpaired) electrons. The summed E-state index contributed by atoms with van der Waals surface area (Å²) in [4.78, 5) is 2.52. The molecule has 0 bridgehead atoms. The van der Waals surface area contributed by atoms with E-state index in [0.29, 0.717) is 0 Å². The third kappa shape index (κ3) is 2.47. The number of hydrogen-bond acceptors (Lipinski definition) is 2. The number of hydrogen-bond donors (Lipinski definition) is 0. The Balaban J connectivity index is 1.92. The maximum atomic E-state index is 5.47. The van der Waals surface area contributed by atoms with Crippen LogP contribution >= 0.6 is 0 Å². The van der Waals surface area contributed by atoms with Crippen molar-refractivity contribution in [3.05, 3.63) is 11.8 Å². The summed E-state index contributed by atoms with van der Waals surface area (Å²) in [6.07, 6.45) is 8.99. The van der Waals surface area contributed by atoms with E-state index in [1.54, 1.807) is 0 Å². The van der Waals surface area contributed by atoms with E-state index < -0.39 is 0 Å². The van der Waals surface area contributed by atoms with Crippen LogP contribution in [0.5, 0.6) is 0 Å². The van der Waals surface area contributed by atoms with Gasteiger partial charge in [-0.25, -0.2) is 0 Å². The van der Waals surface area contributed by atoms with Gasteiger partial charge in [0.15, 0.2) is 0 Å². The highest BCUT2D eigenvalue weighted by Gasteiger charge is 2.13. The summed E-state index contributed by atoms with van der Waals surface area (Å²) >= 11 is 0. The lowest BCUT2D eigenvalue weighted by Crippen LogP contribution is -2.28. The molecule has 2 aliphatic rings. The molecule has 0 aromatic heterocycles. The fraction of sp³-hybridized carbons (Fsp3) is 0.818. The Labute approximate surface area is 80.6 Å². The van der Waals surface area contributed by atoms with Crippen molar-refractivity contribution in [2.24, 2.45) is 0 Å². The van der Waals surface area contributed by atoms with Gasteiger partial charge >= 0.3 is 0 Å². The first-order valence-corrected chi connectivity index (χ1v) is 5.48. The maximum Gasteiger partial charge on any atom is 0.0861 e. The summed E-state index contributed by atoms with van der Waals surface area (Å²) in [7, 11) is 0. The maximum absolute atomic E-state index is 5.47. The van der Waals surface area contributed by atoms with Crippen LogP contribution in [0.3, 0.4) is 0 Å². The van der Waals surface area contributed by atoms with E-state index in [2.05, 4.69) is 11.0 Å². The molecule has 0 N–H and O–H groups in total. The van der Waals surface area contributed by atoms with Crippen LogP contribution in [0.1, 0.15) is 32.1 Å². The Kier molecular flexibility index (Phi) is 3.25. The molecular formula is C11H19NO. The Morgan fingerprint density at radius 1 is 1.08 bits per heavy atom. The van der Waals surface area contributed by atoms with Gasteiger partial charge in [-0.3, -0.25) is 0 Å². The third-order valence-electron chi connectivity index (χ3n) is 2.90. The Bertz CT molecular complexity index is 181. The zero-order valence-corrected chi connectivity index (χ0v) is 8.30. The van der Waals surface area contributed by atoms with Crippen molar-refractivity contribution in [1.29, 1.82) is 0 Å². The largest absolute Gasteiger partial charge is 0.375 e. The second-order valence-corrected chi connectivity index (χ2v) is 3.94. The lowest BCUT2D eigenvalue weighted by Gasteiger charge is -2.27. The van der Waals surface area contributed by atoms with Gasteiger partial charge < -0.3 is 9.64 Å². The molecule has 0 aliphatic carbocycles. The molecule has 1 saturated heterocycles. The van der Waals surface area contributed by atoms with Gasteiger partial charge in [-0.05, 0) is 19.3 Å². The third-order valence-corrected chi connectivity index (χ3v) is 2.90. The van der Waals surface area contributed by atoms with Gasteiger partial charge in [-0.1, -0.05) is 18.9 Å². The highest BCUT2D eigenvalue weighted by Crippen LogP contribution is 2.17. The average molecular weight is 181 g/mol. The van der Waals surface area contributed by atoms with Gasteiger partial charge in [0.1, 0.15) is 0 Å². The van der Waals surface area contributed by atoms with E-state index in [1.165, 1.54) is 44.5 Å². The molecule has 1 fully saturated rings. The molecule has 13 heavy (non-hydrogen) atoms. The van der Waals surface area contributed by atoms with Crippen molar-refractivity contribution >= 4 is 0 Å². The fourth-order valence-electron chi connectivity index (χ4n) is 2.12. The number of likely N-dealkylation sites (tertiary alicyclic amines) is 1. The van der Waals surface area contributed by atoms with Gasteiger partial charge in [0, 0.05) is 18.8 Å². The minimum atomic E-state index is 0.847. The van der Waals surface area contributed by atoms with Gasteiger partial charge in [0.2, 0.25) is 0 Å². The van der Waals surface area contributed by atoms with E-state index in [0.717, 1.165) is 19.6 Å². The average Bonchev–Trinajstić information content (AvgIpc) is 2.47. The summed E-state index contributed by atoms with van der Waals surface area (Å²) in [5.74, 6) is 0. The smallest absolute Gasteiger partial charge is 0.0861 e. The molecule has 74 valence electrons. The molecule has 2 nitrogen and oxygen atoms in total. The minimum Gasteiger partial charge on any atom is -0.375 e. The molecule has 2 aliphatic heterocycles. The lowest BCUT2D eigenvalue weighted by molar-refractivity contribution is 0.124. The van der Waals surface area contributed by atoms with Gasteiger partial charge in [-0.2, -0.15) is 0 Å². The van der Waals surface area contributed by atoms with E-state index in [4.69, 9.17) is 4.74 Å². The van der Waals surface area contributed by atoms with Gasteiger partial charge in [0.05, 0.1) is 13.2 Å². The summed E-state index contributed by atoms with van der Waals surface area (Å²) in [5, 5.41) is 0. The molecule has 2 rings (SSSR count). The molecule has 0 spiro atoms. The standard InChI is InChI=1S/C11H19NO/c1-2-4-8-12(7-3-1)11-6-5-9-13-10-11/h6H,1-5,7-10H2. The number of rotatable bonds is 1. The van der Waals surface area contributed by atoms with Crippen LogP contribution in [0.25, 0.3) is 0 Å². The molecule has 2 heteroatoms. The predicted molar refractivity (Wildman–Crippen MR) is 53.6 cm³/mol. The molecule has 0 aromatic carbocycles. The molecule has 0 atom stereocenters. The quantitative estimate of drug-likeness (QED) is 0.614. The van der Waals surface area contributed by atoms with Crippen LogP contribution in [0.4, 0.5) is 0 Å². The van der Waals surface area contributed by atoms with Crippen molar-refractivity contribution in [2.45, 2.75) is 32.1 Å². The second-order valence-electron chi connectivity index (χ2n) is 3.94. The Hall–Kier alpha value is -0.500. The minimum absolute atomic E-state index is 0.847. The first kappa shape index (κ1) is 9.07. The zero-order valence-electron chi connectivity index (χ0n) is 8.30. The van der Waals surface area contributed by atoms with Gasteiger partial charge in [-0.15, -0.1) is 0 Å². The second kappa shape index (κ2) is 4.66. The van der Waals surface area contributed by atoms with Crippen molar-refractivity contribution in [3.8, 4) is 0 Å². The molecule has 0 saturated carbocycles. The topological polar surface area (TPSA) is 12.5 Å². The summed E-state index contributed by atoms with van der Waals surface area (Å²) in [5.41, 5.74) is 1.44. The zero-order chi connectivity index (χ0) is 8.93. The van der Waals surface area contributed by atoms with Crippen LogP contribution in [-0.2, 0) is 4.74 Å². The first-order valence-electron chi connectivity index (χ1n) is 5.48. The van der Waals surface area contributed by atoms with Crippen molar-refractivity contribution in [2.75, 3.05) is 26.3 Å². The molecule has 2 heterocycles. The molecule has 0 amide bonds. The first-order chi connectivity index (χ1) is 6.47. The van der Waals surface area contributed by atoms with Crippen LogP contribution in [-0.4, -0.2) is 31.2 Å². The van der Waals surface area contributed by atoms with E-state index >= 15 is 0 Å². The van der Waals surface area contributed by atoms with E-state index in [9.17, 15) is 0 Å². The number of ether oxygens (including phenoxy) is 1. The van der Waals surface area contributed by atoms with Crippen LogP contribution < -0.4 is 0 Å². The van der Waals surface area contributed by atoms with E-state index in [-0.39, 0.29) is 0 Å². The molecule has 0 aromatic rings. The normalized spacial score (nSPS) is 25.2. The van der Waals surface area contributed by atoms with Crippen LogP contribution in [0.15, 0.2) is 11.8 Å². The van der Waals surface area contributed by atoms with Crippen molar-refractivity contribution in [3.63, 3.8) is 0 Å².